The lowest BCUT2D eigenvalue weighted by atomic mass is 9.92. The lowest BCUT2D eigenvalue weighted by Gasteiger charge is -2.12. The third kappa shape index (κ3) is 2.80. The number of hydrogen-bond donors (Lipinski definition) is 2. The molecule has 134 valence electrons. The van der Waals surface area contributed by atoms with Gasteiger partial charge in [0.05, 0.1) is 0 Å². The smallest absolute Gasteiger partial charge is 0.512 e. The zero-order valence-corrected chi connectivity index (χ0v) is 15.0. The Morgan fingerprint density at radius 1 is 0.500 bits per heavy atom. The van der Waals surface area contributed by atoms with Gasteiger partial charge >= 0.3 is 7.32 Å². The van der Waals surface area contributed by atoms with E-state index in [2.05, 4.69) is 66.7 Å². The van der Waals surface area contributed by atoms with E-state index in [0.29, 0.717) is 5.75 Å². The molecule has 0 aliphatic rings. The molecule has 5 aromatic carbocycles. The highest BCUT2D eigenvalue weighted by Gasteiger charge is 2.12. The Morgan fingerprint density at radius 2 is 1.04 bits per heavy atom. The fourth-order valence-corrected chi connectivity index (χ4v) is 3.96. The number of benzene rings is 5. The zero-order chi connectivity index (χ0) is 19.1. The van der Waals surface area contributed by atoms with Gasteiger partial charge in [-0.05, 0) is 61.6 Å². The van der Waals surface area contributed by atoms with E-state index in [1.807, 2.05) is 18.2 Å². The summed E-state index contributed by atoms with van der Waals surface area (Å²) in [4.78, 5) is 0. The molecule has 0 saturated heterocycles. The van der Waals surface area contributed by atoms with Crippen LogP contribution < -0.4 is 4.65 Å². The van der Waals surface area contributed by atoms with E-state index < -0.39 is 7.32 Å². The van der Waals surface area contributed by atoms with Gasteiger partial charge in [0.2, 0.25) is 0 Å². The molecular weight excluding hydrogens is 347 g/mol. The quantitative estimate of drug-likeness (QED) is 0.343. The molecule has 0 spiro atoms. The van der Waals surface area contributed by atoms with Crippen LogP contribution >= 0.6 is 0 Å². The minimum Gasteiger partial charge on any atom is -0.512 e. The van der Waals surface area contributed by atoms with Gasteiger partial charge in [0.15, 0.2) is 0 Å². The van der Waals surface area contributed by atoms with Gasteiger partial charge in [-0.1, -0.05) is 72.8 Å². The fourth-order valence-electron chi connectivity index (χ4n) is 3.96. The van der Waals surface area contributed by atoms with Gasteiger partial charge in [0.1, 0.15) is 5.75 Å². The van der Waals surface area contributed by atoms with E-state index >= 15 is 0 Å². The van der Waals surface area contributed by atoms with Crippen LogP contribution in [0.15, 0.2) is 91.0 Å². The summed E-state index contributed by atoms with van der Waals surface area (Å²) in [6.07, 6.45) is 0. The Balaban J connectivity index is 1.78. The summed E-state index contributed by atoms with van der Waals surface area (Å²) in [6, 6.07) is 30.8. The highest BCUT2D eigenvalue weighted by Crippen LogP contribution is 2.37. The Hall–Kier alpha value is -3.34. The molecular formula is C24H17BO3. The van der Waals surface area contributed by atoms with E-state index in [-0.39, 0.29) is 0 Å². The molecule has 0 unspecified atom stereocenters. The molecule has 0 radical (unpaired) electrons. The molecule has 0 fully saturated rings. The highest BCUT2D eigenvalue weighted by atomic mass is 16.6. The molecule has 0 aliphatic carbocycles. The van der Waals surface area contributed by atoms with Gasteiger partial charge in [0.25, 0.3) is 0 Å². The SMILES string of the molecule is OB(O)Oc1cccc(-c2ccc3c4ccccc4c4ccccc4c3c2)c1. The molecule has 4 heteroatoms. The van der Waals surface area contributed by atoms with Gasteiger partial charge < -0.3 is 14.7 Å². The van der Waals surface area contributed by atoms with Crippen molar-refractivity contribution in [1.82, 2.24) is 0 Å². The van der Waals surface area contributed by atoms with E-state index in [1.54, 1.807) is 6.07 Å². The van der Waals surface area contributed by atoms with Gasteiger partial charge in [-0.15, -0.1) is 0 Å². The molecule has 5 rings (SSSR count). The van der Waals surface area contributed by atoms with Crippen molar-refractivity contribution in [2.24, 2.45) is 0 Å². The average Bonchev–Trinajstić information content (AvgIpc) is 2.73. The predicted octanol–water partition coefficient (Wildman–Crippen LogP) is 5.16. The fraction of sp³-hybridized carbons (Fsp3) is 0. The maximum absolute atomic E-state index is 9.06. The molecule has 5 aromatic rings. The van der Waals surface area contributed by atoms with Gasteiger partial charge in [-0.25, -0.2) is 0 Å². The van der Waals surface area contributed by atoms with Gasteiger partial charge in [0, 0.05) is 0 Å². The predicted molar refractivity (Wildman–Crippen MR) is 115 cm³/mol. The molecule has 3 nitrogen and oxygen atoms in total. The van der Waals surface area contributed by atoms with Crippen molar-refractivity contribution in [1.29, 1.82) is 0 Å². The lowest BCUT2D eigenvalue weighted by Crippen LogP contribution is -2.20. The summed E-state index contributed by atoms with van der Waals surface area (Å²) >= 11 is 0. The van der Waals surface area contributed by atoms with Crippen LogP contribution in [0.1, 0.15) is 0 Å². The van der Waals surface area contributed by atoms with Crippen LogP contribution in [0.25, 0.3) is 43.4 Å². The first-order valence-electron chi connectivity index (χ1n) is 9.17. The first-order valence-corrected chi connectivity index (χ1v) is 9.17. The molecule has 0 aliphatic heterocycles. The molecule has 0 saturated carbocycles. The van der Waals surface area contributed by atoms with Gasteiger partial charge in [-0.2, -0.15) is 0 Å². The highest BCUT2D eigenvalue weighted by molar-refractivity contribution is 6.33. The molecule has 0 bridgehead atoms. The average molecular weight is 364 g/mol. The van der Waals surface area contributed by atoms with Crippen LogP contribution in [0.3, 0.4) is 0 Å². The largest absolute Gasteiger partial charge is 0.707 e. The Kier molecular flexibility index (Phi) is 4.01. The third-order valence-electron chi connectivity index (χ3n) is 5.15. The van der Waals surface area contributed by atoms with E-state index in [1.165, 1.54) is 32.3 Å². The first kappa shape index (κ1) is 16.8. The standard InChI is InChI=1S/C24H17BO3/c26-25(27)28-18-7-5-6-16(14-18)17-12-13-23-21-10-2-1-8-19(21)20-9-3-4-11-22(20)24(23)15-17/h1-15,26-27H. The summed E-state index contributed by atoms with van der Waals surface area (Å²) < 4.78 is 5.00. The van der Waals surface area contributed by atoms with Crippen LogP contribution in [-0.4, -0.2) is 17.4 Å². The Morgan fingerprint density at radius 3 is 1.64 bits per heavy atom. The van der Waals surface area contributed by atoms with E-state index in [9.17, 15) is 0 Å². The molecule has 0 atom stereocenters. The molecule has 0 amide bonds. The van der Waals surface area contributed by atoms with Crippen molar-refractivity contribution in [2.75, 3.05) is 0 Å². The maximum Gasteiger partial charge on any atom is 0.707 e. The molecule has 0 aromatic heterocycles. The zero-order valence-electron chi connectivity index (χ0n) is 15.0. The van der Waals surface area contributed by atoms with Gasteiger partial charge in [-0.3, -0.25) is 0 Å². The van der Waals surface area contributed by atoms with Crippen LogP contribution in [0.5, 0.6) is 5.75 Å². The summed E-state index contributed by atoms with van der Waals surface area (Å²) in [5, 5.41) is 25.5. The second-order valence-electron chi connectivity index (χ2n) is 6.82. The topological polar surface area (TPSA) is 49.7 Å². The minimum absolute atomic E-state index is 0.413. The number of hydrogen-bond acceptors (Lipinski definition) is 3. The van der Waals surface area contributed by atoms with Crippen molar-refractivity contribution in [3.8, 4) is 16.9 Å². The van der Waals surface area contributed by atoms with Crippen molar-refractivity contribution in [3.05, 3.63) is 91.0 Å². The van der Waals surface area contributed by atoms with Crippen LogP contribution in [0, 0.1) is 0 Å². The van der Waals surface area contributed by atoms with E-state index in [4.69, 9.17) is 14.7 Å². The first-order chi connectivity index (χ1) is 13.7. The monoisotopic (exact) mass is 364 g/mol. The number of rotatable bonds is 3. The van der Waals surface area contributed by atoms with Crippen molar-refractivity contribution >= 4 is 39.6 Å². The molecule has 28 heavy (non-hydrogen) atoms. The van der Waals surface area contributed by atoms with Crippen molar-refractivity contribution < 1.29 is 14.7 Å². The Bertz CT molecular complexity index is 1290. The minimum atomic E-state index is -1.83. The second-order valence-corrected chi connectivity index (χ2v) is 6.82. The van der Waals surface area contributed by atoms with Crippen molar-refractivity contribution in [3.63, 3.8) is 0 Å². The number of fused-ring (bicyclic) bond motifs is 6. The summed E-state index contributed by atoms with van der Waals surface area (Å²) in [5.41, 5.74) is 2.00. The van der Waals surface area contributed by atoms with E-state index in [0.717, 1.165) is 11.1 Å². The van der Waals surface area contributed by atoms with Crippen LogP contribution in [-0.2, 0) is 0 Å². The van der Waals surface area contributed by atoms with Crippen molar-refractivity contribution in [2.45, 2.75) is 0 Å². The third-order valence-corrected chi connectivity index (χ3v) is 5.15. The maximum atomic E-state index is 9.06. The normalized spacial score (nSPS) is 11.2. The summed E-state index contributed by atoms with van der Waals surface area (Å²) in [5.74, 6) is 0.413. The van der Waals surface area contributed by atoms with Crippen LogP contribution in [0.2, 0.25) is 0 Å². The Labute approximate surface area is 162 Å². The molecule has 0 heterocycles. The lowest BCUT2D eigenvalue weighted by molar-refractivity contribution is 0.288. The second kappa shape index (κ2) is 6.68. The summed E-state index contributed by atoms with van der Waals surface area (Å²) in [7, 11) is -1.83. The van der Waals surface area contributed by atoms with Crippen LogP contribution in [0.4, 0.5) is 0 Å². The molecule has 2 N–H and O–H groups in total. The summed E-state index contributed by atoms with van der Waals surface area (Å²) in [6.45, 7) is 0.